The van der Waals surface area contributed by atoms with Crippen molar-refractivity contribution in [1.82, 2.24) is 14.5 Å². The van der Waals surface area contributed by atoms with Crippen molar-refractivity contribution in [2.24, 2.45) is 0 Å². The number of carbonyl (C=O) groups is 1. The number of nitrogens with zero attached hydrogens (tertiary/aromatic N) is 3. The number of rotatable bonds is 6. The van der Waals surface area contributed by atoms with E-state index in [9.17, 15) is 9.59 Å². The van der Waals surface area contributed by atoms with Gasteiger partial charge in [0.2, 0.25) is 0 Å². The highest BCUT2D eigenvalue weighted by Gasteiger charge is 2.37. The van der Waals surface area contributed by atoms with Gasteiger partial charge in [-0.05, 0) is 52.2 Å². The molecule has 3 rings (SSSR count). The number of fused-ring (bicyclic) bond motifs is 1. The second-order valence-corrected chi connectivity index (χ2v) is 8.54. The van der Waals surface area contributed by atoms with Gasteiger partial charge in [-0.15, -0.1) is 0 Å². The van der Waals surface area contributed by atoms with Crippen molar-refractivity contribution in [1.29, 1.82) is 0 Å². The van der Waals surface area contributed by atoms with Crippen LogP contribution in [0.2, 0.25) is 0 Å². The molecular weight excluding hydrogens is 386 g/mol. The van der Waals surface area contributed by atoms with Crippen LogP contribution in [0.5, 0.6) is 0 Å². The number of aryl methyl sites for hydroxylation is 1. The summed E-state index contributed by atoms with van der Waals surface area (Å²) in [5.74, 6) is 0. The summed E-state index contributed by atoms with van der Waals surface area (Å²) in [5, 5.41) is 0.583. The first-order valence-electron chi connectivity index (χ1n) is 10.3. The lowest BCUT2D eigenvalue weighted by Crippen LogP contribution is -2.53. The molecule has 0 radical (unpaired) electrons. The molecule has 1 fully saturated rings. The van der Waals surface area contributed by atoms with Crippen molar-refractivity contribution in [3.63, 3.8) is 0 Å². The fourth-order valence-electron chi connectivity index (χ4n) is 3.80. The third-order valence-electron chi connectivity index (χ3n) is 5.14. The number of benzene rings is 1. The van der Waals surface area contributed by atoms with Crippen molar-refractivity contribution >= 4 is 17.0 Å². The Labute approximate surface area is 176 Å². The van der Waals surface area contributed by atoms with Crippen LogP contribution in [0.4, 0.5) is 4.79 Å². The molecule has 0 saturated carbocycles. The molecule has 2 atom stereocenters. The molecule has 0 aliphatic carbocycles. The molecule has 0 N–H and O–H groups in total. The topological polar surface area (TPSA) is 82.9 Å². The molecular formula is C22H31N3O5. The maximum atomic E-state index is 12.8. The van der Waals surface area contributed by atoms with E-state index >= 15 is 0 Å². The molecule has 1 aliphatic rings. The molecule has 0 spiro atoms. The summed E-state index contributed by atoms with van der Waals surface area (Å²) in [4.78, 5) is 31.8. The number of hydrogen-bond donors (Lipinski definition) is 0. The predicted molar refractivity (Wildman–Crippen MR) is 113 cm³/mol. The Morgan fingerprint density at radius 3 is 2.77 bits per heavy atom. The minimum absolute atomic E-state index is 0.0883. The zero-order valence-corrected chi connectivity index (χ0v) is 18.2. The van der Waals surface area contributed by atoms with Crippen molar-refractivity contribution in [2.45, 2.75) is 64.3 Å². The Balaban J connectivity index is 1.81. The van der Waals surface area contributed by atoms with E-state index in [1.807, 2.05) is 39.0 Å². The summed E-state index contributed by atoms with van der Waals surface area (Å²) in [6.45, 7) is 6.72. The highest BCUT2D eigenvalue weighted by Crippen LogP contribution is 2.26. The zero-order chi connectivity index (χ0) is 21.7. The third-order valence-corrected chi connectivity index (χ3v) is 5.14. The van der Waals surface area contributed by atoms with Crippen LogP contribution in [0.25, 0.3) is 10.9 Å². The smallest absolute Gasteiger partial charge is 0.410 e. The number of aromatic nitrogens is 2. The van der Waals surface area contributed by atoms with E-state index in [1.54, 1.807) is 29.0 Å². The second-order valence-electron chi connectivity index (χ2n) is 8.54. The lowest BCUT2D eigenvalue weighted by molar-refractivity contribution is -0.115. The fraction of sp³-hybridized carbons (Fsp3) is 0.591. The average molecular weight is 418 g/mol. The number of likely N-dealkylation sites (tertiary alicyclic amines) is 1. The highest BCUT2D eigenvalue weighted by atomic mass is 16.7. The fourth-order valence-corrected chi connectivity index (χ4v) is 3.80. The molecule has 1 saturated heterocycles. The molecule has 0 bridgehead atoms. The van der Waals surface area contributed by atoms with E-state index in [0.717, 1.165) is 12.8 Å². The summed E-state index contributed by atoms with van der Waals surface area (Å²) in [6.07, 6.45) is 3.21. The lowest BCUT2D eigenvalue weighted by Gasteiger charge is -2.41. The number of hydrogen-bond acceptors (Lipinski definition) is 6. The molecule has 1 amide bonds. The Kier molecular flexibility index (Phi) is 7.10. The van der Waals surface area contributed by atoms with E-state index in [-0.39, 0.29) is 30.6 Å². The molecule has 164 valence electrons. The van der Waals surface area contributed by atoms with Crippen LogP contribution in [0.1, 0.15) is 40.0 Å². The average Bonchev–Trinajstić information content (AvgIpc) is 2.71. The zero-order valence-electron chi connectivity index (χ0n) is 18.2. The summed E-state index contributed by atoms with van der Waals surface area (Å²) in [7, 11) is 1.57. The Morgan fingerprint density at radius 2 is 2.03 bits per heavy atom. The van der Waals surface area contributed by atoms with Crippen LogP contribution < -0.4 is 5.56 Å². The van der Waals surface area contributed by atoms with E-state index in [2.05, 4.69) is 4.98 Å². The first-order chi connectivity index (χ1) is 14.3. The summed E-state index contributed by atoms with van der Waals surface area (Å²) >= 11 is 0. The SMILES string of the molecule is COCO[C@H]1CCCN(C(=O)OC(C)(C)C)[C@@H]1CCn1cnc2ccccc2c1=O. The predicted octanol–water partition coefficient (Wildman–Crippen LogP) is 3.18. The largest absolute Gasteiger partial charge is 0.444 e. The first kappa shape index (κ1) is 22.2. The number of amides is 1. The number of methoxy groups -OCH3 is 1. The molecule has 2 aromatic rings. The van der Waals surface area contributed by atoms with Crippen molar-refractivity contribution in [3.8, 4) is 0 Å². The molecule has 2 heterocycles. The minimum Gasteiger partial charge on any atom is -0.444 e. The molecule has 1 aromatic carbocycles. The standard InChI is InChI=1S/C22H31N3O5/c1-22(2,3)30-21(27)25-12-7-10-19(29-15-28-4)18(25)11-13-24-14-23-17-9-6-5-8-16(17)20(24)26/h5-6,8-9,14,18-19H,7,10-13,15H2,1-4H3/t18-,19+/m1/s1. The van der Waals surface area contributed by atoms with Crippen molar-refractivity contribution in [3.05, 3.63) is 40.9 Å². The van der Waals surface area contributed by atoms with Crippen LogP contribution in [0, 0.1) is 0 Å². The van der Waals surface area contributed by atoms with Gasteiger partial charge in [-0.25, -0.2) is 9.78 Å². The molecule has 8 nitrogen and oxygen atoms in total. The number of piperidine rings is 1. The van der Waals surface area contributed by atoms with Gasteiger partial charge in [0.1, 0.15) is 12.4 Å². The van der Waals surface area contributed by atoms with Gasteiger partial charge < -0.3 is 19.1 Å². The summed E-state index contributed by atoms with van der Waals surface area (Å²) < 4.78 is 18.2. The Hall–Kier alpha value is -2.45. The van der Waals surface area contributed by atoms with Gasteiger partial charge >= 0.3 is 6.09 Å². The normalized spacial score (nSPS) is 19.8. The second kappa shape index (κ2) is 9.57. The quantitative estimate of drug-likeness (QED) is 0.672. The first-order valence-corrected chi connectivity index (χ1v) is 10.3. The third kappa shape index (κ3) is 5.37. The minimum atomic E-state index is -0.582. The van der Waals surface area contributed by atoms with Gasteiger partial charge in [-0.1, -0.05) is 12.1 Å². The number of carbonyl (C=O) groups excluding carboxylic acids is 1. The van der Waals surface area contributed by atoms with Gasteiger partial charge in [0, 0.05) is 20.2 Å². The molecule has 0 unspecified atom stereocenters. The van der Waals surface area contributed by atoms with Crippen LogP contribution >= 0.6 is 0 Å². The summed E-state index contributed by atoms with van der Waals surface area (Å²) in [5.41, 5.74) is 0.00365. The number of ether oxygens (including phenoxy) is 3. The maximum Gasteiger partial charge on any atom is 0.410 e. The van der Waals surface area contributed by atoms with E-state index in [4.69, 9.17) is 14.2 Å². The van der Waals surface area contributed by atoms with E-state index in [1.165, 1.54) is 0 Å². The lowest BCUT2D eigenvalue weighted by atomic mass is 9.96. The monoisotopic (exact) mass is 417 g/mol. The molecule has 8 heteroatoms. The van der Waals surface area contributed by atoms with Gasteiger partial charge in [0.25, 0.3) is 5.56 Å². The van der Waals surface area contributed by atoms with Gasteiger partial charge in [-0.3, -0.25) is 9.36 Å². The summed E-state index contributed by atoms with van der Waals surface area (Å²) in [6, 6.07) is 7.07. The van der Waals surface area contributed by atoms with Crippen molar-refractivity contribution in [2.75, 3.05) is 20.4 Å². The van der Waals surface area contributed by atoms with Crippen LogP contribution in [0.3, 0.4) is 0 Å². The van der Waals surface area contributed by atoms with Gasteiger partial charge in [-0.2, -0.15) is 0 Å². The van der Waals surface area contributed by atoms with E-state index in [0.29, 0.717) is 30.4 Å². The van der Waals surface area contributed by atoms with Crippen LogP contribution in [-0.2, 0) is 20.8 Å². The molecule has 1 aliphatic heterocycles. The van der Waals surface area contributed by atoms with Gasteiger partial charge in [0.05, 0.1) is 29.4 Å². The molecule has 1 aromatic heterocycles. The number of para-hydroxylation sites is 1. The van der Waals surface area contributed by atoms with E-state index < -0.39 is 5.60 Å². The molecule has 30 heavy (non-hydrogen) atoms. The Morgan fingerprint density at radius 1 is 1.27 bits per heavy atom. The Bertz CT molecular complexity index is 921. The van der Waals surface area contributed by atoms with Crippen LogP contribution in [-0.4, -0.2) is 58.7 Å². The van der Waals surface area contributed by atoms with Gasteiger partial charge in [0.15, 0.2) is 0 Å². The maximum absolute atomic E-state index is 12.8. The highest BCUT2D eigenvalue weighted by molar-refractivity contribution is 5.76. The van der Waals surface area contributed by atoms with Crippen LogP contribution in [0.15, 0.2) is 35.4 Å². The van der Waals surface area contributed by atoms with Crippen molar-refractivity contribution < 1.29 is 19.0 Å².